The molecule has 4 atom stereocenters. The Morgan fingerprint density at radius 3 is 2.91 bits per heavy atom. The van der Waals surface area contributed by atoms with Crippen molar-refractivity contribution in [2.45, 2.75) is 50.1 Å². The number of carbonyl (C=O) groups excluding carboxylic acids is 1. The molecule has 1 N–H and O–H groups in total. The fourth-order valence-electron chi connectivity index (χ4n) is 7.37. The molecule has 7 rings (SSSR count). The largest absolute Gasteiger partial charge is 0.507 e. The molecule has 222 valence electrons. The normalized spacial score (nSPS) is 24.5. The molecule has 43 heavy (non-hydrogen) atoms. The predicted octanol–water partition coefficient (Wildman–Crippen LogP) is 4.39. The number of nitriles is 1. The maximum absolute atomic E-state index is 16.7. The topological polar surface area (TPSA) is 106 Å². The molecule has 2 aliphatic carbocycles. The Kier molecular flexibility index (Phi) is 6.93. The smallest absolute Gasteiger partial charge is 0.319 e. The number of amides is 1. The summed E-state index contributed by atoms with van der Waals surface area (Å²) in [5.74, 6) is 0.546. The van der Waals surface area contributed by atoms with E-state index in [2.05, 4.69) is 35.6 Å². The lowest BCUT2D eigenvalue weighted by Gasteiger charge is -2.41. The van der Waals surface area contributed by atoms with Gasteiger partial charge >= 0.3 is 6.01 Å². The Morgan fingerprint density at radius 1 is 1.28 bits per heavy atom. The summed E-state index contributed by atoms with van der Waals surface area (Å²) in [4.78, 5) is 27.6. The first-order valence-corrected chi connectivity index (χ1v) is 15.1. The Balaban J connectivity index is 1.32. The fraction of sp³-hybridized carbons (Fsp3) is 0.455. The van der Waals surface area contributed by atoms with E-state index in [9.17, 15) is 15.2 Å². The van der Waals surface area contributed by atoms with E-state index in [1.165, 1.54) is 18.1 Å². The molecule has 0 radical (unpaired) electrons. The summed E-state index contributed by atoms with van der Waals surface area (Å²) in [6.45, 7) is 6.02. The van der Waals surface area contributed by atoms with Gasteiger partial charge in [-0.15, -0.1) is 0 Å². The summed E-state index contributed by atoms with van der Waals surface area (Å²) in [6, 6.07) is 9.55. The van der Waals surface area contributed by atoms with Crippen LogP contribution in [0.1, 0.15) is 42.7 Å². The van der Waals surface area contributed by atoms with Crippen molar-refractivity contribution >= 4 is 22.6 Å². The van der Waals surface area contributed by atoms with E-state index in [1.807, 2.05) is 17.0 Å². The Labute approximate surface area is 250 Å². The Bertz CT molecular complexity index is 1670. The summed E-state index contributed by atoms with van der Waals surface area (Å²) in [5.41, 5.74) is 3.30. The molecule has 3 aromatic rings. The van der Waals surface area contributed by atoms with Crippen molar-refractivity contribution in [2.24, 2.45) is 5.92 Å². The van der Waals surface area contributed by atoms with Crippen LogP contribution < -0.4 is 9.64 Å². The number of fused-ring (bicyclic) bond motifs is 4. The molecule has 10 heteroatoms. The van der Waals surface area contributed by atoms with Crippen LogP contribution in [-0.2, 0) is 11.2 Å². The van der Waals surface area contributed by atoms with Crippen LogP contribution >= 0.6 is 0 Å². The Morgan fingerprint density at radius 2 is 2.14 bits per heavy atom. The molecule has 1 aromatic heterocycles. The minimum absolute atomic E-state index is 0.0688. The molecule has 2 saturated heterocycles. The summed E-state index contributed by atoms with van der Waals surface area (Å²) in [5, 5.41) is 21.2. The summed E-state index contributed by atoms with van der Waals surface area (Å²) in [6.07, 6.45) is 5.53. The first kappa shape index (κ1) is 27.6. The van der Waals surface area contributed by atoms with Crippen molar-refractivity contribution in [1.29, 1.82) is 5.26 Å². The van der Waals surface area contributed by atoms with Gasteiger partial charge in [-0.05, 0) is 79.9 Å². The number of likely N-dealkylation sites (N-methyl/N-ethyl adjacent to an activating group) is 1. The number of nitrogens with zero attached hydrogens (tertiary/aromatic N) is 6. The number of rotatable bonds is 7. The number of phenolic OH excluding ortho intramolecular Hbond substituents is 1. The third-order valence-electron chi connectivity index (χ3n) is 9.78. The van der Waals surface area contributed by atoms with Crippen molar-refractivity contribution in [2.75, 3.05) is 44.7 Å². The van der Waals surface area contributed by atoms with Crippen LogP contribution in [0.25, 0.3) is 22.0 Å². The van der Waals surface area contributed by atoms with Gasteiger partial charge in [-0.25, -0.2) is 4.39 Å². The highest BCUT2D eigenvalue weighted by Gasteiger charge is 2.46. The highest BCUT2D eigenvalue weighted by atomic mass is 19.1. The number of aromatic hydroxyl groups is 1. The van der Waals surface area contributed by atoms with Crippen LogP contribution in [-0.4, -0.2) is 82.7 Å². The lowest BCUT2D eigenvalue weighted by Crippen LogP contribution is -2.55. The van der Waals surface area contributed by atoms with E-state index >= 15 is 4.39 Å². The molecule has 3 heterocycles. The molecule has 1 saturated carbocycles. The number of anilines is 1. The lowest BCUT2D eigenvalue weighted by atomic mass is 9.92. The maximum Gasteiger partial charge on any atom is 0.319 e. The van der Waals surface area contributed by atoms with Crippen molar-refractivity contribution in [3.8, 4) is 29.0 Å². The first-order chi connectivity index (χ1) is 20.9. The number of piperazine rings is 1. The molecular weight excluding hydrogens is 547 g/mol. The molecule has 4 aliphatic rings. The van der Waals surface area contributed by atoms with Gasteiger partial charge in [0.1, 0.15) is 23.7 Å². The molecule has 0 bridgehead atoms. The highest BCUT2D eigenvalue weighted by Crippen LogP contribution is 2.58. The Hall–Kier alpha value is -4.23. The van der Waals surface area contributed by atoms with Crippen LogP contribution in [0.5, 0.6) is 11.8 Å². The van der Waals surface area contributed by atoms with Gasteiger partial charge < -0.3 is 24.5 Å². The van der Waals surface area contributed by atoms with Gasteiger partial charge in [-0.2, -0.15) is 15.2 Å². The number of ether oxygens (including phenoxy) is 1. The standard InChI is InChI=1S/C33H35FN6O3/c1-3-28(42)40-13-12-39(17-20(40)9-10-35)32-26-16-27(41)29(23-8-4-7-22-24-14-19(24)15-25(22)23)30(34)31(26)36-33(37-32)43-18-21-6-5-11-38(21)2/h3-4,7-8,16,19-21,24,41H,1,5-6,9,11-15,17-18H2,2H3/t19-,20+,21+,24-/m1/s1. The summed E-state index contributed by atoms with van der Waals surface area (Å²) < 4.78 is 22.8. The maximum atomic E-state index is 16.7. The SMILES string of the molecule is C=CC(=O)N1CCN(c2nc(OC[C@@H]3CCCN3C)nc3c(F)c(-c4cccc5c4C[C@H]4C[C@@H]54)c(O)cc23)C[C@@H]1CC#N. The van der Waals surface area contributed by atoms with Gasteiger partial charge in [-0.1, -0.05) is 24.8 Å². The van der Waals surface area contributed by atoms with Crippen LogP contribution in [0.4, 0.5) is 10.2 Å². The second-order valence-corrected chi connectivity index (χ2v) is 12.3. The molecule has 2 aromatic carbocycles. The zero-order valence-corrected chi connectivity index (χ0v) is 24.3. The molecule has 1 amide bonds. The zero-order chi connectivity index (χ0) is 29.8. The third kappa shape index (κ3) is 4.76. The average molecular weight is 583 g/mol. The molecule has 9 nitrogen and oxygen atoms in total. The van der Waals surface area contributed by atoms with Crippen molar-refractivity contribution in [3.63, 3.8) is 0 Å². The van der Waals surface area contributed by atoms with Gasteiger partial charge in [0.05, 0.1) is 24.1 Å². The molecule has 0 spiro atoms. The van der Waals surface area contributed by atoms with Crippen LogP contribution in [0.2, 0.25) is 0 Å². The predicted molar refractivity (Wildman–Crippen MR) is 160 cm³/mol. The van der Waals surface area contributed by atoms with E-state index in [0.29, 0.717) is 54.8 Å². The number of likely N-dealkylation sites (tertiary alicyclic amines) is 1. The number of halogens is 1. The van der Waals surface area contributed by atoms with Crippen molar-refractivity contribution in [3.05, 3.63) is 53.9 Å². The summed E-state index contributed by atoms with van der Waals surface area (Å²) in [7, 11) is 2.06. The van der Waals surface area contributed by atoms with E-state index in [0.717, 1.165) is 31.4 Å². The lowest BCUT2D eigenvalue weighted by molar-refractivity contribution is -0.128. The van der Waals surface area contributed by atoms with Crippen LogP contribution in [0, 0.1) is 23.1 Å². The van der Waals surface area contributed by atoms with Crippen LogP contribution in [0.3, 0.4) is 0 Å². The highest BCUT2D eigenvalue weighted by molar-refractivity contribution is 5.97. The van der Waals surface area contributed by atoms with Gasteiger partial charge in [-0.3, -0.25) is 4.79 Å². The first-order valence-electron chi connectivity index (χ1n) is 15.1. The number of aromatic nitrogens is 2. The quantitative estimate of drug-likeness (QED) is 0.409. The second-order valence-electron chi connectivity index (χ2n) is 12.3. The number of phenols is 1. The number of carbonyl (C=O) groups is 1. The van der Waals surface area contributed by atoms with Gasteiger partial charge in [0.2, 0.25) is 5.91 Å². The van der Waals surface area contributed by atoms with E-state index < -0.39 is 11.9 Å². The van der Waals surface area contributed by atoms with E-state index in [1.54, 1.807) is 11.0 Å². The average Bonchev–Trinajstić information content (AvgIpc) is 3.50. The molecule has 3 fully saturated rings. The van der Waals surface area contributed by atoms with Gasteiger partial charge in [0, 0.05) is 31.1 Å². The number of benzene rings is 2. The fourth-order valence-corrected chi connectivity index (χ4v) is 7.37. The van der Waals surface area contributed by atoms with Crippen LogP contribution in [0.15, 0.2) is 36.9 Å². The van der Waals surface area contributed by atoms with E-state index in [-0.39, 0.29) is 41.2 Å². The molecular formula is C33H35FN6O3. The molecule has 0 unspecified atom stereocenters. The molecule has 2 aliphatic heterocycles. The summed E-state index contributed by atoms with van der Waals surface area (Å²) >= 11 is 0. The minimum Gasteiger partial charge on any atom is -0.507 e. The third-order valence-corrected chi connectivity index (χ3v) is 9.78. The van der Waals surface area contributed by atoms with Crippen molar-refractivity contribution in [1.82, 2.24) is 19.8 Å². The monoisotopic (exact) mass is 582 g/mol. The van der Waals surface area contributed by atoms with E-state index in [4.69, 9.17) is 9.72 Å². The number of hydrogen-bond donors (Lipinski definition) is 1. The second kappa shape index (κ2) is 10.8. The van der Waals surface area contributed by atoms with Crippen molar-refractivity contribution < 1.29 is 19.0 Å². The van der Waals surface area contributed by atoms with Gasteiger partial charge in [0.25, 0.3) is 0 Å². The zero-order valence-electron chi connectivity index (χ0n) is 24.3. The van der Waals surface area contributed by atoms with Gasteiger partial charge in [0.15, 0.2) is 5.82 Å². The number of hydrogen-bond acceptors (Lipinski definition) is 8. The minimum atomic E-state index is -0.607.